The molecule has 0 aromatic heterocycles. The Morgan fingerprint density at radius 1 is 1.11 bits per heavy atom. The third-order valence-electron chi connectivity index (χ3n) is 4.74. The molecule has 1 unspecified atom stereocenters. The Morgan fingerprint density at radius 3 is 2.47 bits per heavy atom. The molecule has 1 nitrogen and oxygen atoms in total. The van der Waals surface area contributed by atoms with Crippen LogP contribution in [0.25, 0.3) is 0 Å². The van der Waals surface area contributed by atoms with E-state index in [1.165, 1.54) is 44.1 Å². The van der Waals surface area contributed by atoms with Crippen molar-refractivity contribution in [2.24, 2.45) is 11.3 Å². The summed E-state index contributed by atoms with van der Waals surface area (Å²) >= 11 is 0. The van der Waals surface area contributed by atoms with Gasteiger partial charge in [0.15, 0.2) is 0 Å². The molecule has 3 rings (SSSR count). The van der Waals surface area contributed by atoms with Gasteiger partial charge in [-0.15, -0.1) is 0 Å². The van der Waals surface area contributed by atoms with Crippen LogP contribution in [-0.4, -0.2) is 6.61 Å². The van der Waals surface area contributed by atoms with E-state index in [9.17, 15) is 0 Å². The molecule has 2 saturated carbocycles. The van der Waals surface area contributed by atoms with Gasteiger partial charge in [-0.05, 0) is 67.1 Å². The summed E-state index contributed by atoms with van der Waals surface area (Å²) in [6, 6.07) is 8.90. The van der Waals surface area contributed by atoms with E-state index < -0.39 is 0 Å². The zero-order valence-corrected chi connectivity index (χ0v) is 12.3. The first-order valence-electron chi connectivity index (χ1n) is 7.85. The maximum atomic E-state index is 5.81. The van der Waals surface area contributed by atoms with Crippen molar-refractivity contribution >= 4 is 0 Å². The summed E-state index contributed by atoms with van der Waals surface area (Å²) in [4.78, 5) is 0. The van der Waals surface area contributed by atoms with Gasteiger partial charge in [0.1, 0.15) is 5.75 Å². The van der Waals surface area contributed by atoms with Crippen molar-refractivity contribution in [1.82, 2.24) is 0 Å². The minimum absolute atomic E-state index is 0.518. The molecule has 104 valence electrons. The van der Waals surface area contributed by atoms with Gasteiger partial charge in [0, 0.05) is 0 Å². The molecule has 0 N–H and O–H groups in total. The molecule has 1 aromatic rings. The second-order valence-electron chi connectivity index (χ2n) is 7.28. The summed E-state index contributed by atoms with van der Waals surface area (Å²) in [5.41, 5.74) is 2.02. The first-order valence-corrected chi connectivity index (χ1v) is 7.85. The highest BCUT2D eigenvalue weighted by Gasteiger charge is 2.28. The quantitative estimate of drug-likeness (QED) is 0.725. The summed E-state index contributed by atoms with van der Waals surface area (Å²) in [6.45, 7) is 5.73. The normalized spacial score (nSPS) is 26.1. The fourth-order valence-corrected chi connectivity index (χ4v) is 3.32. The predicted molar refractivity (Wildman–Crippen MR) is 79.7 cm³/mol. The summed E-state index contributed by atoms with van der Waals surface area (Å²) in [7, 11) is 0. The Kier molecular flexibility index (Phi) is 3.56. The van der Waals surface area contributed by atoms with Gasteiger partial charge in [-0.1, -0.05) is 32.4 Å². The molecule has 2 fully saturated rings. The Balaban J connectivity index is 1.61. The van der Waals surface area contributed by atoms with E-state index in [0.717, 1.165) is 24.2 Å². The summed E-state index contributed by atoms with van der Waals surface area (Å²) in [5, 5.41) is 0. The van der Waals surface area contributed by atoms with Gasteiger partial charge in [0.25, 0.3) is 0 Å². The van der Waals surface area contributed by atoms with E-state index in [-0.39, 0.29) is 0 Å². The minimum atomic E-state index is 0.518. The molecule has 0 spiro atoms. The van der Waals surface area contributed by atoms with Gasteiger partial charge in [-0.2, -0.15) is 0 Å². The SMILES string of the molecule is CC1(C)CCCC(c2ccc(OCC3CC3)cc2)C1. The second-order valence-corrected chi connectivity index (χ2v) is 7.28. The minimum Gasteiger partial charge on any atom is -0.493 e. The van der Waals surface area contributed by atoms with Crippen LogP contribution in [0.2, 0.25) is 0 Å². The van der Waals surface area contributed by atoms with Crippen LogP contribution in [0.3, 0.4) is 0 Å². The number of ether oxygens (including phenoxy) is 1. The molecule has 19 heavy (non-hydrogen) atoms. The lowest BCUT2D eigenvalue weighted by Crippen LogP contribution is -2.21. The van der Waals surface area contributed by atoms with Crippen molar-refractivity contribution in [1.29, 1.82) is 0 Å². The van der Waals surface area contributed by atoms with Gasteiger partial charge in [0.05, 0.1) is 6.61 Å². The third-order valence-corrected chi connectivity index (χ3v) is 4.74. The van der Waals surface area contributed by atoms with E-state index in [0.29, 0.717) is 5.41 Å². The smallest absolute Gasteiger partial charge is 0.119 e. The average molecular weight is 258 g/mol. The van der Waals surface area contributed by atoms with Crippen LogP contribution in [0.4, 0.5) is 0 Å². The molecule has 0 radical (unpaired) electrons. The molecule has 0 aliphatic heterocycles. The van der Waals surface area contributed by atoms with E-state index in [2.05, 4.69) is 38.1 Å². The topological polar surface area (TPSA) is 9.23 Å². The Hall–Kier alpha value is -0.980. The summed E-state index contributed by atoms with van der Waals surface area (Å²) in [5.74, 6) is 2.63. The highest BCUT2D eigenvalue weighted by Crippen LogP contribution is 2.43. The molecule has 1 atom stereocenters. The summed E-state index contributed by atoms with van der Waals surface area (Å²) in [6.07, 6.45) is 8.15. The van der Waals surface area contributed by atoms with Crippen LogP contribution in [0.1, 0.15) is 63.9 Å². The highest BCUT2D eigenvalue weighted by molar-refractivity contribution is 5.30. The van der Waals surface area contributed by atoms with Gasteiger partial charge >= 0.3 is 0 Å². The monoisotopic (exact) mass is 258 g/mol. The fraction of sp³-hybridized carbons (Fsp3) is 0.667. The molecular formula is C18H26O. The fourth-order valence-electron chi connectivity index (χ4n) is 3.32. The lowest BCUT2D eigenvalue weighted by Gasteiger charge is -2.35. The Labute approximate surface area is 117 Å². The molecule has 0 saturated heterocycles. The molecule has 2 aliphatic carbocycles. The lowest BCUT2D eigenvalue weighted by atomic mass is 9.70. The molecule has 0 amide bonds. The second kappa shape index (κ2) is 5.19. The molecule has 1 aromatic carbocycles. The highest BCUT2D eigenvalue weighted by atomic mass is 16.5. The lowest BCUT2D eigenvalue weighted by molar-refractivity contribution is 0.219. The van der Waals surface area contributed by atoms with Crippen molar-refractivity contribution in [3.05, 3.63) is 29.8 Å². The predicted octanol–water partition coefficient (Wildman–Crippen LogP) is 5.16. The van der Waals surface area contributed by atoms with Crippen LogP contribution in [0.15, 0.2) is 24.3 Å². The van der Waals surface area contributed by atoms with Crippen LogP contribution >= 0.6 is 0 Å². The van der Waals surface area contributed by atoms with E-state index in [4.69, 9.17) is 4.74 Å². The van der Waals surface area contributed by atoms with Crippen LogP contribution in [-0.2, 0) is 0 Å². The summed E-state index contributed by atoms with van der Waals surface area (Å²) < 4.78 is 5.81. The van der Waals surface area contributed by atoms with Crippen molar-refractivity contribution in [2.75, 3.05) is 6.61 Å². The van der Waals surface area contributed by atoms with Crippen molar-refractivity contribution in [2.45, 2.75) is 58.3 Å². The molecule has 0 bridgehead atoms. The maximum Gasteiger partial charge on any atom is 0.119 e. The van der Waals surface area contributed by atoms with E-state index >= 15 is 0 Å². The van der Waals surface area contributed by atoms with Crippen molar-refractivity contribution in [3.63, 3.8) is 0 Å². The zero-order valence-electron chi connectivity index (χ0n) is 12.3. The van der Waals surface area contributed by atoms with Crippen molar-refractivity contribution in [3.8, 4) is 5.75 Å². The average Bonchev–Trinajstić information content (AvgIpc) is 3.20. The molecule has 1 heteroatoms. The van der Waals surface area contributed by atoms with Gasteiger partial charge in [0.2, 0.25) is 0 Å². The molecule has 2 aliphatic rings. The van der Waals surface area contributed by atoms with Gasteiger partial charge in [-0.25, -0.2) is 0 Å². The largest absolute Gasteiger partial charge is 0.493 e. The first-order chi connectivity index (χ1) is 9.12. The molecule has 0 heterocycles. The van der Waals surface area contributed by atoms with E-state index in [1.807, 2.05) is 0 Å². The van der Waals surface area contributed by atoms with Gasteiger partial charge < -0.3 is 4.74 Å². The number of hydrogen-bond donors (Lipinski definition) is 0. The standard InChI is InChI=1S/C18H26O/c1-18(2)11-3-4-16(12-18)15-7-9-17(10-8-15)19-13-14-5-6-14/h7-10,14,16H,3-6,11-13H2,1-2H3. The van der Waals surface area contributed by atoms with Crippen LogP contribution in [0, 0.1) is 11.3 Å². The van der Waals surface area contributed by atoms with E-state index in [1.54, 1.807) is 0 Å². The van der Waals surface area contributed by atoms with Gasteiger partial charge in [-0.3, -0.25) is 0 Å². The van der Waals surface area contributed by atoms with Crippen LogP contribution < -0.4 is 4.74 Å². The number of rotatable bonds is 4. The number of benzene rings is 1. The maximum absolute atomic E-state index is 5.81. The molecular weight excluding hydrogens is 232 g/mol. The first kappa shape index (κ1) is 13.0. The zero-order chi connectivity index (χ0) is 13.3. The van der Waals surface area contributed by atoms with Crippen LogP contribution in [0.5, 0.6) is 5.75 Å². The number of hydrogen-bond acceptors (Lipinski definition) is 1. The third kappa shape index (κ3) is 3.52. The van der Waals surface area contributed by atoms with Crippen molar-refractivity contribution < 1.29 is 4.74 Å². The Morgan fingerprint density at radius 2 is 1.84 bits per heavy atom. The Bertz CT molecular complexity index is 414.